The van der Waals surface area contributed by atoms with Crippen LogP contribution in [0.2, 0.25) is 0 Å². The molecule has 1 fully saturated rings. The van der Waals surface area contributed by atoms with Crippen molar-refractivity contribution in [3.63, 3.8) is 0 Å². The molecule has 0 amide bonds. The van der Waals surface area contributed by atoms with Gasteiger partial charge in [-0.15, -0.1) is 0 Å². The largest absolute Gasteiger partial charge is 0.464 e. The Hall–Kier alpha value is -1.04. The van der Waals surface area contributed by atoms with E-state index in [1.807, 2.05) is 0 Å². The van der Waals surface area contributed by atoms with Gasteiger partial charge in [0.25, 0.3) is 0 Å². The quantitative estimate of drug-likeness (QED) is 0.523. The summed E-state index contributed by atoms with van der Waals surface area (Å²) >= 11 is 0. The number of alkyl halides is 2. The van der Waals surface area contributed by atoms with Crippen LogP contribution in [0.25, 0.3) is 0 Å². The Morgan fingerprint density at radius 2 is 1.87 bits per heavy atom. The maximum Gasteiger partial charge on any atom is 0.400 e. The van der Waals surface area contributed by atoms with Crippen molar-refractivity contribution in [2.45, 2.75) is 18.8 Å². The maximum atomic E-state index is 13.1. The number of methoxy groups -OCH3 is 1. The van der Waals surface area contributed by atoms with Gasteiger partial charge in [-0.3, -0.25) is 4.79 Å². The van der Waals surface area contributed by atoms with Crippen molar-refractivity contribution in [1.29, 1.82) is 0 Å². The van der Waals surface area contributed by atoms with E-state index in [2.05, 4.69) is 4.74 Å². The molecule has 0 N–H and O–H groups in total. The molecule has 4 nitrogen and oxygen atoms in total. The SMILES string of the molecule is COC(=O)C(F)(F)C(=O)C1CCOCC1. The molecule has 6 heteroatoms. The molecule has 0 spiro atoms. The van der Waals surface area contributed by atoms with Gasteiger partial charge in [-0.25, -0.2) is 4.79 Å². The number of carbonyl (C=O) groups excluding carboxylic acids is 2. The standard InChI is InChI=1S/C9H12F2O4/c1-14-8(13)9(10,11)7(12)6-2-4-15-5-3-6/h6H,2-5H2,1H3. The number of hydrogen-bond acceptors (Lipinski definition) is 4. The van der Waals surface area contributed by atoms with Crippen molar-refractivity contribution in [2.75, 3.05) is 20.3 Å². The van der Waals surface area contributed by atoms with E-state index in [-0.39, 0.29) is 26.1 Å². The Labute approximate surface area is 85.5 Å². The smallest absolute Gasteiger partial charge is 0.400 e. The van der Waals surface area contributed by atoms with E-state index in [0.717, 1.165) is 7.11 Å². The number of ether oxygens (including phenoxy) is 2. The van der Waals surface area contributed by atoms with Crippen molar-refractivity contribution in [1.82, 2.24) is 0 Å². The average molecular weight is 222 g/mol. The summed E-state index contributed by atoms with van der Waals surface area (Å²) in [5, 5.41) is 0. The van der Waals surface area contributed by atoms with Gasteiger partial charge in [0.05, 0.1) is 7.11 Å². The van der Waals surface area contributed by atoms with E-state index in [1.54, 1.807) is 0 Å². The van der Waals surface area contributed by atoms with Gasteiger partial charge in [-0.2, -0.15) is 8.78 Å². The van der Waals surface area contributed by atoms with Crippen LogP contribution >= 0.6 is 0 Å². The van der Waals surface area contributed by atoms with Crippen molar-refractivity contribution < 1.29 is 27.8 Å². The summed E-state index contributed by atoms with van der Waals surface area (Å²) < 4.78 is 35.1. The van der Waals surface area contributed by atoms with Gasteiger partial charge in [0.15, 0.2) is 0 Å². The van der Waals surface area contributed by atoms with Crippen LogP contribution in [-0.2, 0) is 19.1 Å². The Kier molecular flexibility index (Phi) is 3.73. The first-order chi connectivity index (χ1) is 7.00. The molecule has 0 bridgehead atoms. The molecule has 0 aromatic carbocycles. The summed E-state index contributed by atoms with van der Waals surface area (Å²) in [6.07, 6.45) is 0.455. The van der Waals surface area contributed by atoms with Gasteiger partial charge < -0.3 is 9.47 Å². The summed E-state index contributed by atoms with van der Waals surface area (Å²) in [7, 11) is 0.827. The summed E-state index contributed by atoms with van der Waals surface area (Å²) in [5.41, 5.74) is 0. The van der Waals surface area contributed by atoms with Crippen LogP contribution in [0.1, 0.15) is 12.8 Å². The molecular weight excluding hydrogens is 210 g/mol. The second-order valence-corrected chi connectivity index (χ2v) is 3.32. The van der Waals surface area contributed by atoms with Gasteiger partial charge in [0.1, 0.15) is 0 Å². The van der Waals surface area contributed by atoms with E-state index >= 15 is 0 Å². The normalized spacial score (nSPS) is 18.6. The van der Waals surface area contributed by atoms with Crippen molar-refractivity contribution in [2.24, 2.45) is 5.92 Å². The Morgan fingerprint density at radius 1 is 1.33 bits per heavy atom. The third kappa shape index (κ3) is 2.50. The molecule has 1 heterocycles. The molecular formula is C9H12F2O4. The van der Waals surface area contributed by atoms with Crippen LogP contribution in [0.5, 0.6) is 0 Å². The summed E-state index contributed by atoms with van der Waals surface area (Å²) in [4.78, 5) is 22.0. The zero-order valence-electron chi connectivity index (χ0n) is 8.29. The first-order valence-corrected chi connectivity index (χ1v) is 4.58. The van der Waals surface area contributed by atoms with Gasteiger partial charge >= 0.3 is 11.9 Å². The summed E-state index contributed by atoms with van der Waals surface area (Å²) in [6, 6.07) is 0. The zero-order chi connectivity index (χ0) is 11.5. The highest BCUT2D eigenvalue weighted by Crippen LogP contribution is 2.26. The fourth-order valence-electron chi connectivity index (χ4n) is 1.44. The van der Waals surface area contributed by atoms with Crippen molar-refractivity contribution in [3.05, 3.63) is 0 Å². The van der Waals surface area contributed by atoms with Gasteiger partial charge in [-0.1, -0.05) is 0 Å². The van der Waals surface area contributed by atoms with Crippen molar-refractivity contribution in [3.8, 4) is 0 Å². The topological polar surface area (TPSA) is 52.6 Å². The molecule has 0 radical (unpaired) electrons. The molecule has 0 aliphatic carbocycles. The highest BCUT2D eigenvalue weighted by molar-refractivity contribution is 6.06. The van der Waals surface area contributed by atoms with E-state index in [0.29, 0.717) is 0 Å². The fourth-order valence-corrected chi connectivity index (χ4v) is 1.44. The van der Waals surface area contributed by atoms with Gasteiger partial charge in [-0.05, 0) is 12.8 Å². The molecule has 0 aromatic heterocycles. The maximum absolute atomic E-state index is 13.1. The molecule has 1 saturated heterocycles. The van der Waals surface area contributed by atoms with Gasteiger partial charge in [0.2, 0.25) is 5.78 Å². The monoisotopic (exact) mass is 222 g/mol. The number of halogens is 2. The van der Waals surface area contributed by atoms with Gasteiger partial charge in [0, 0.05) is 19.1 Å². The minimum Gasteiger partial charge on any atom is -0.464 e. The molecule has 0 saturated carbocycles. The number of carbonyl (C=O) groups is 2. The Bertz CT molecular complexity index is 259. The predicted octanol–water partition coefficient (Wildman–Crippen LogP) is 0.790. The predicted molar refractivity (Wildman–Crippen MR) is 45.5 cm³/mol. The number of rotatable bonds is 3. The number of esters is 1. The number of hydrogen-bond donors (Lipinski definition) is 0. The lowest BCUT2D eigenvalue weighted by atomic mass is 9.92. The second kappa shape index (κ2) is 4.65. The third-order valence-electron chi connectivity index (χ3n) is 2.34. The first kappa shape index (κ1) is 12.0. The highest BCUT2D eigenvalue weighted by Gasteiger charge is 2.51. The van der Waals surface area contributed by atoms with E-state index in [9.17, 15) is 18.4 Å². The zero-order valence-corrected chi connectivity index (χ0v) is 8.29. The molecule has 86 valence electrons. The van der Waals surface area contributed by atoms with E-state index in [1.165, 1.54) is 0 Å². The lowest BCUT2D eigenvalue weighted by Gasteiger charge is -2.23. The molecule has 1 aliphatic rings. The minimum absolute atomic E-state index is 0.228. The van der Waals surface area contributed by atoms with Crippen LogP contribution in [0, 0.1) is 5.92 Å². The molecule has 0 aromatic rings. The lowest BCUT2D eigenvalue weighted by molar-refractivity contribution is -0.177. The summed E-state index contributed by atoms with van der Waals surface area (Å²) in [5.74, 6) is -8.00. The van der Waals surface area contributed by atoms with Crippen LogP contribution in [0.15, 0.2) is 0 Å². The van der Waals surface area contributed by atoms with Crippen LogP contribution in [0.4, 0.5) is 8.78 Å². The van der Waals surface area contributed by atoms with Crippen LogP contribution in [-0.4, -0.2) is 38.0 Å². The Morgan fingerprint density at radius 3 is 2.33 bits per heavy atom. The average Bonchev–Trinajstić information content (AvgIpc) is 2.28. The van der Waals surface area contributed by atoms with E-state index in [4.69, 9.17) is 4.74 Å². The minimum atomic E-state index is -4.03. The highest BCUT2D eigenvalue weighted by atomic mass is 19.3. The fraction of sp³-hybridized carbons (Fsp3) is 0.778. The second-order valence-electron chi connectivity index (χ2n) is 3.32. The molecule has 1 aliphatic heterocycles. The third-order valence-corrected chi connectivity index (χ3v) is 2.34. The first-order valence-electron chi connectivity index (χ1n) is 4.58. The Balaban J connectivity index is 2.69. The van der Waals surface area contributed by atoms with Crippen LogP contribution in [0.3, 0.4) is 0 Å². The molecule has 1 rings (SSSR count). The number of ketones is 1. The molecule has 0 unspecified atom stereocenters. The molecule has 0 atom stereocenters. The number of Topliss-reactive ketones (excluding diaryl/α,β-unsaturated/α-hetero) is 1. The van der Waals surface area contributed by atoms with E-state index < -0.39 is 23.6 Å². The van der Waals surface area contributed by atoms with Crippen LogP contribution < -0.4 is 0 Å². The summed E-state index contributed by atoms with van der Waals surface area (Å²) in [6.45, 7) is 0.543. The lowest BCUT2D eigenvalue weighted by Crippen LogP contribution is -2.44. The van der Waals surface area contributed by atoms with Crippen molar-refractivity contribution >= 4 is 11.8 Å². The molecule has 15 heavy (non-hydrogen) atoms.